The zero-order chi connectivity index (χ0) is 11.0. The van der Waals surface area contributed by atoms with Crippen molar-refractivity contribution in [2.24, 2.45) is 0 Å². The lowest BCUT2D eigenvalue weighted by molar-refractivity contribution is -0.136. The maximum absolute atomic E-state index is 10.7. The van der Waals surface area contributed by atoms with Gasteiger partial charge in [0.05, 0.1) is 17.5 Å². The number of aliphatic carboxylic acids is 1. The number of hydrogen-bond acceptors (Lipinski definition) is 2. The number of rotatable bonds is 2. The number of halogens is 2. The van der Waals surface area contributed by atoms with Gasteiger partial charge in [-0.15, -0.1) is 0 Å². The molecule has 80 valence electrons. The lowest BCUT2D eigenvalue weighted by atomic mass is 10.0. The molecule has 1 aliphatic rings. The second-order valence-corrected chi connectivity index (χ2v) is 4.56. The zero-order valence-corrected chi connectivity index (χ0v) is 10.1. The SMILES string of the molecule is O=C(O)Cc1c(Cl)cc(Br)c2c1CCO2. The fourth-order valence-electron chi connectivity index (χ4n) is 1.71. The summed E-state index contributed by atoms with van der Waals surface area (Å²) in [5.74, 6) is -0.149. The summed E-state index contributed by atoms with van der Waals surface area (Å²) in [6.45, 7) is 0.584. The first-order valence-corrected chi connectivity index (χ1v) is 5.61. The number of benzene rings is 1. The molecule has 0 radical (unpaired) electrons. The number of carboxylic acid groups (broad SMARTS) is 1. The first-order chi connectivity index (χ1) is 7.09. The Labute approximate surface area is 100 Å². The highest BCUT2D eigenvalue weighted by molar-refractivity contribution is 9.10. The van der Waals surface area contributed by atoms with E-state index in [1.807, 2.05) is 0 Å². The number of hydrogen-bond donors (Lipinski definition) is 1. The van der Waals surface area contributed by atoms with Gasteiger partial charge in [-0.1, -0.05) is 11.6 Å². The lowest BCUT2D eigenvalue weighted by Crippen LogP contribution is -2.03. The largest absolute Gasteiger partial charge is 0.492 e. The standard InChI is InChI=1S/C10H8BrClO3/c11-7-4-8(12)6(3-9(13)14)5-1-2-15-10(5)7/h4H,1-3H2,(H,13,14). The van der Waals surface area contributed by atoms with Crippen LogP contribution in [-0.2, 0) is 17.6 Å². The van der Waals surface area contributed by atoms with E-state index in [-0.39, 0.29) is 6.42 Å². The Morgan fingerprint density at radius 3 is 3.07 bits per heavy atom. The molecule has 1 N–H and O–H groups in total. The van der Waals surface area contributed by atoms with E-state index >= 15 is 0 Å². The van der Waals surface area contributed by atoms with Gasteiger partial charge in [-0.05, 0) is 27.6 Å². The number of carbonyl (C=O) groups is 1. The van der Waals surface area contributed by atoms with E-state index in [9.17, 15) is 4.79 Å². The number of fused-ring (bicyclic) bond motifs is 1. The van der Waals surface area contributed by atoms with Crippen LogP contribution in [0.3, 0.4) is 0 Å². The average Bonchev–Trinajstić information content (AvgIpc) is 2.60. The molecule has 1 aromatic carbocycles. The van der Waals surface area contributed by atoms with Crippen LogP contribution in [0.25, 0.3) is 0 Å². The Balaban J connectivity index is 2.54. The summed E-state index contributed by atoms with van der Waals surface area (Å²) in [4.78, 5) is 10.7. The topological polar surface area (TPSA) is 46.5 Å². The van der Waals surface area contributed by atoms with Crippen LogP contribution in [-0.4, -0.2) is 17.7 Å². The molecule has 3 nitrogen and oxygen atoms in total. The fourth-order valence-corrected chi connectivity index (χ4v) is 2.71. The molecule has 0 spiro atoms. The van der Waals surface area contributed by atoms with Crippen molar-refractivity contribution in [3.63, 3.8) is 0 Å². The monoisotopic (exact) mass is 290 g/mol. The third-order valence-corrected chi connectivity index (χ3v) is 3.25. The van der Waals surface area contributed by atoms with Crippen molar-refractivity contribution in [2.45, 2.75) is 12.8 Å². The van der Waals surface area contributed by atoms with E-state index < -0.39 is 5.97 Å². The molecular weight excluding hydrogens is 283 g/mol. The van der Waals surface area contributed by atoms with Crippen molar-refractivity contribution < 1.29 is 14.6 Å². The Morgan fingerprint density at radius 2 is 2.40 bits per heavy atom. The molecule has 0 aromatic heterocycles. The molecule has 0 aliphatic carbocycles. The van der Waals surface area contributed by atoms with Gasteiger partial charge in [-0.2, -0.15) is 0 Å². The van der Waals surface area contributed by atoms with Crippen LogP contribution in [0.4, 0.5) is 0 Å². The molecule has 0 atom stereocenters. The molecule has 0 amide bonds. The maximum atomic E-state index is 10.7. The van der Waals surface area contributed by atoms with Crippen molar-refractivity contribution in [3.05, 3.63) is 26.7 Å². The quantitative estimate of drug-likeness (QED) is 0.911. The van der Waals surface area contributed by atoms with Gasteiger partial charge in [0, 0.05) is 17.0 Å². The van der Waals surface area contributed by atoms with Crippen molar-refractivity contribution in [1.82, 2.24) is 0 Å². The predicted octanol–water partition coefficient (Wildman–Crippen LogP) is 2.66. The zero-order valence-electron chi connectivity index (χ0n) is 7.72. The van der Waals surface area contributed by atoms with E-state index in [4.69, 9.17) is 21.4 Å². The van der Waals surface area contributed by atoms with Gasteiger partial charge in [0.25, 0.3) is 0 Å². The summed E-state index contributed by atoms with van der Waals surface area (Å²) in [7, 11) is 0. The molecule has 1 aromatic rings. The summed E-state index contributed by atoms with van der Waals surface area (Å²) in [6, 6.07) is 1.68. The third kappa shape index (κ3) is 1.96. The maximum Gasteiger partial charge on any atom is 0.307 e. The van der Waals surface area contributed by atoms with Crippen LogP contribution in [0, 0.1) is 0 Å². The van der Waals surface area contributed by atoms with Crippen LogP contribution in [0.2, 0.25) is 5.02 Å². The summed E-state index contributed by atoms with van der Waals surface area (Å²) < 4.78 is 6.19. The molecule has 0 unspecified atom stereocenters. The van der Waals surface area contributed by atoms with E-state index in [1.165, 1.54) is 0 Å². The van der Waals surface area contributed by atoms with Gasteiger partial charge in [-0.25, -0.2) is 0 Å². The third-order valence-electron chi connectivity index (χ3n) is 2.32. The smallest absolute Gasteiger partial charge is 0.307 e. The molecule has 0 fully saturated rings. The van der Waals surface area contributed by atoms with Crippen LogP contribution < -0.4 is 4.74 Å². The number of ether oxygens (including phenoxy) is 1. The highest BCUT2D eigenvalue weighted by Crippen LogP contribution is 2.39. The summed E-state index contributed by atoms with van der Waals surface area (Å²) in [5, 5.41) is 9.26. The lowest BCUT2D eigenvalue weighted by Gasteiger charge is -2.09. The molecular formula is C10H8BrClO3. The molecule has 5 heteroatoms. The second-order valence-electron chi connectivity index (χ2n) is 3.30. The molecule has 1 heterocycles. The van der Waals surface area contributed by atoms with Gasteiger partial charge in [0.15, 0.2) is 0 Å². The molecule has 2 rings (SSSR count). The Kier molecular flexibility index (Phi) is 2.89. The van der Waals surface area contributed by atoms with E-state index in [1.54, 1.807) is 6.07 Å². The van der Waals surface area contributed by atoms with Crippen LogP contribution in [0.15, 0.2) is 10.5 Å². The number of carboxylic acids is 1. The van der Waals surface area contributed by atoms with Gasteiger partial charge in [0.2, 0.25) is 0 Å². The van der Waals surface area contributed by atoms with E-state index in [2.05, 4.69) is 15.9 Å². The minimum atomic E-state index is -0.881. The van der Waals surface area contributed by atoms with Crippen LogP contribution >= 0.6 is 27.5 Å². The van der Waals surface area contributed by atoms with E-state index in [0.717, 1.165) is 22.2 Å². The van der Waals surface area contributed by atoms with Gasteiger partial charge in [-0.3, -0.25) is 4.79 Å². The normalized spacial score (nSPS) is 13.5. The molecule has 15 heavy (non-hydrogen) atoms. The summed E-state index contributed by atoms with van der Waals surface area (Å²) in [6.07, 6.45) is 0.662. The van der Waals surface area contributed by atoms with Gasteiger partial charge >= 0.3 is 5.97 Å². The Hall–Kier alpha value is -0.740. The fraction of sp³-hybridized carbons (Fsp3) is 0.300. The Bertz CT molecular complexity index is 431. The van der Waals surface area contributed by atoms with Crippen LogP contribution in [0.1, 0.15) is 11.1 Å². The highest BCUT2D eigenvalue weighted by Gasteiger charge is 2.23. The van der Waals surface area contributed by atoms with Gasteiger partial charge < -0.3 is 9.84 Å². The highest BCUT2D eigenvalue weighted by atomic mass is 79.9. The predicted molar refractivity (Wildman–Crippen MR) is 59.7 cm³/mol. The van der Waals surface area contributed by atoms with Crippen molar-refractivity contribution >= 4 is 33.5 Å². The molecule has 0 bridgehead atoms. The van der Waals surface area contributed by atoms with Crippen molar-refractivity contribution in [2.75, 3.05) is 6.61 Å². The van der Waals surface area contributed by atoms with Gasteiger partial charge in [0.1, 0.15) is 5.75 Å². The molecule has 0 saturated carbocycles. The second kappa shape index (κ2) is 4.02. The first kappa shape index (κ1) is 10.8. The minimum absolute atomic E-state index is 0.0577. The summed E-state index contributed by atoms with van der Waals surface area (Å²) in [5.41, 5.74) is 1.58. The first-order valence-electron chi connectivity index (χ1n) is 4.44. The molecule has 0 saturated heterocycles. The minimum Gasteiger partial charge on any atom is -0.492 e. The van der Waals surface area contributed by atoms with Crippen molar-refractivity contribution in [1.29, 1.82) is 0 Å². The van der Waals surface area contributed by atoms with Crippen LogP contribution in [0.5, 0.6) is 5.75 Å². The average molecular weight is 292 g/mol. The summed E-state index contributed by atoms with van der Waals surface area (Å²) >= 11 is 9.35. The van der Waals surface area contributed by atoms with Crippen molar-refractivity contribution in [3.8, 4) is 5.75 Å². The van der Waals surface area contributed by atoms with E-state index in [0.29, 0.717) is 17.2 Å². The Morgan fingerprint density at radius 1 is 1.67 bits per heavy atom. The molecule has 1 aliphatic heterocycles.